The van der Waals surface area contributed by atoms with E-state index in [1.54, 1.807) is 0 Å². The summed E-state index contributed by atoms with van der Waals surface area (Å²) in [5, 5.41) is 0.215. The summed E-state index contributed by atoms with van der Waals surface area (Å²) < 4.78 is 0. The second-order valence-electron chi connectivity index (χ2n) is 5.09. The molecule has 0 saturated heterocycles. The number of hydrogen-bond donors (Lipinski definition) is 0. The normalized spacial score (nSPS) is 16.7. The minimum atomic E-state index is 0.215. The van der Waals surface area contributed by atoms with Crippen molar-refractivity contribution >= 4 is 16.9 Å². The molecular formula is C16H22OS. The van der Waals surface area contributed by atoms with Crippen LogP contribution in [0.1, 0.15) is 67.3 Å². The van der Waals surface area contributed by atoms with Crippen LogP contribution >= 0.6 is 11.8 Å². The Kier molecular flexibility index (Phi) is 5.30. The molecule has 0 N–H and O–H groups in total. The third-order valence-electron chi connectivity index (χ3n) is 3.66. The lowest BCUT2D eigenvalue weighted by Crippen LogP contribution is -2.04. The van der Waals surface area contributed by atoms with Crippen LogP contribution in [0.5, 0.6) is 0 Å². The first-order chi connectivity index (χ1) is 8.81. The maximum absolute atomic E-state index is 11.9. The molecule has 1 aliphatic carbocycles. The van der Waals surface area contributed by atoms with Gasteiger partial charge in [-0.25, -0.2) is 0 Å². The molecule has 1 aromatic carbocycles. The van der Waals surface area contributed by atoms with Crippen molar-refractivity contribution in [3.63, 3.8) is 0 Å². The Morgan fingerprint density at radius 1 is 1.17 bits per heavy atom. The number of thioether (sulfide) groups is 1. The van der Waals surface area contributed by atoms with Crippen molar-refractivity contribution in [1.82, 2.24) is 0 Å². The fourth-order valence-electron chi connectivity index (χ4n) is 2.61. The van der Waals surface area contributed by atoms with Crippen molar-refractivity contribution in [2.75, 3.05) is 5.75 Å². The molecular weight excluding hydrogens is 240 g/mol. The maximum atomic E-state index is 11.9. The molecule has 0 heterocycles. The Balaban J connectivity index is 1.98. The Labute approximate surface area is 114 Å². The van der Waals surface area contributed by atoms with E-state index in [0.717, 1.165) is 23.7 Å². The molecule has 1 nitrogen and oxygen atoms in total. The van der Waals surface area contributed by atoms with Gasteiger partial charge >= 0.3 is 0 Å². The van der Waals surface area contributed by atoms with E-state index >= 15 is 0 Å². The Hall–Kier alpha value is -0.760. The first kappa shape index (κ1) is 13.7. The molecule has 0 unspecified atom stereocenters. The lowest BCUT2D eigenvalue weighted by Gasteiger charge is -2.21. The Morgan fingerprint density at radius 3 is 2.44 bits per heavy atom. The van der Waals surface area contributed by atoms with Gasteiger partial charge in [-0.2, -0.15) is 0 Å². The van der Waals surface area contributed by atoms with Gasteiger partial charge in [-0.3, -0.25) is 4.79 Å². The van der Waals surface area contributed by atoms with Gasteiger partial charge in [0.15, 0.2) is 0 Å². The van der Waals surface area contributed by atoms with E-state index in [9.17, 15) is 4.79 Å². The van der Waals surface area contributed by atoms with Crippen LogP contribution in [0.25, 0.3) is 0 Å². The monoisotopic (exact) mass is 262 g/mol. The largest absolute Gasteiger partial charge is 0.282 e. The third-order valence-corrected chi connectivity index (χ3v) is 4.77. The van der Waals surface area contributed by atoms with E-state index in [2.05, 4.69) is 19.1 Å². The topological polar surface area (TPSA) is 17.1 Å². The predicted molar refractivity (Wildman–Crippen MR) is 79.3 cm³/mol. The summed E-state index contributed by atoms with van der Waals surface area (Å²) in [5.41, 5.74) is 2.28. The molecule has 1 aromatic rings. The van der Waals surface area contributed by atoms with Gasteiger partial charge in [0.1, 0.15) is 0 Å². The molecule has 0 amide bonds. The molecule has 2 rings (SSSR count). The minimum absolute atomic E-state index is 0.215. The van der Waals surface area contributed by atoms with Crippen molar-refractivity contribution < 1.29 is 4.79 Å². The summed E-state index contributed by atoms with van der Waals surface area (Å²) in [4.78, 5) is 11.9. The number of rotatable bonds is 4. The first-order valence-electron chi connectivity index (χ1n) is 7.08. The number of hydrogen-bond acceptors (Lipinski definition) is 2. The van der Waals surface area contributed by atoms with Crippen molar-refractivity contribution in [3.05, 3.63) is 35.4 Å². The van der Waals surface area contributed by atoms with Crippen LogP contribution in [0.15, 0.2) is 24.3 Å². The van der Waals surface area contributed by atoms with E-state index in [0.29, 0.717) is 0 Å². The number of benzene rings is 1. The molecule has 0 atom stereocenters. The van der Waals surface area contributed by atoms with E-state index in [1.807, 2.05) is 12.1 Å². The molecule has 98 valence electrons. The highest BCUT2D eigenvalue weighted by Crippen LogP contribution is 2.32. The summed E-state index contributed by atoms with van der Waals surface area (Å²) in [5.74, 6) is 1.65. The summed E-state index contributed by atoms with van der Waals surface area (Å²) in [7, 11) is 0. The van der Waals surface area contributed by atoms with E-state index in [4.69, 9.17) is 0 Å². The standard InChI is InChI=1S/C16H22OS/c1-2-12-18-16(17)15-10-8-14(9-11-15)13-6-4-3-5-7-13/h8-11,13H,2-7,12H2,1H3. The molecule has 0 aliphatic heterocycles. The van der Waals surface area contributed by atoms with Crippen LogP contribution < -0.4 is 0 Å². The lowest BCUT2D eigenvalue weighted by molar-refractivity contribution is 0.108. The van der Waals surface area contributed by atoms with Gasteiger partial charge in [0.05, 0.1) is 0 Å². The van der Waals surface area contributed by atoms with Crippen LogP contribution in [0, 0.1) is 0 Å². The molecule has 0 aromatic heterocycles. The highest BCUT2D eigenvalue weighted by molar-refractivity contribution is 8.14. The van der Waals surface area contributed by atoms with Crippen LogP contribution in [0.2, 0.25) is 0 Å². The fraction of sp³-hybridized carbons (Fsp3) is 0.562. The van der Waals surface area contributed by atoms with Gasteiger partial charge in [0.2, 0.25) is 5.12 Å². The second-order valence-corrected chi connectivity index (χ2v) is 6.16. The van der Waals surface area contributed by atoms with Crippen LogP contribution in [-0.4, -0.2) is 10.9 Å². The van der Waals surface area contributed by atoms with Gasteiger partial charge in [0.25, 0.3) is 0 Å². The maximum Gasteiger partial charge on any atom is 0.219 e. The molecule has 2 heteroatoms. The third kappa shape index (κ3) is 3.61. The van der Waals surface area contributed by atoms with Gasteiger partial charge in [-0.15, -0.1) is 0 Å². The van der Waals surface area contributed by atoms with Gasteiger partial charge < -0.3 is 0 Å². The Morgan fingerprint density at radius 2 is 1.83 bits per heavy atom. The molecule has 0 spiro atoms. The van der Waals surface area contributed by atoms with Crippen LogP contribution in [0.3, 0.4) is 0 Å². The SMILES string of the molecule is CCCSC(=O)c1ccc(C2CCCCC2)cc1. The van der Waals surface area contributed by atoms with Gasteiger partial charge in [-0.05, 0) is 30.7 Å². The quantitative estimate of drug-likeness (QED) is 0.758. The van der Waals surface area contributed by atoms with E-state index in [-0.39, 0.29) is 5.12 Å². The van der Waals surface area contributed by atoms with Crippen LogP contribution in [-0.2, 0) is 0 Å². The van der Waals surface area contributed by atoms with Crippen LogP contribution in [0.4, 0.5) is 0 Å². The summed E-state index contributed by atoms with van der Waals surface area (Å²) >= 11 is 1.43. The lowest BCUT2D eigenvalue weighted by atomic mass is 9.84. The molecule has 0 bridgehead atoms. The Bertz CT molecular complexity index is 377. The highest BCUT2D eigenvalue weighted by Gasteiger charge is 2.15. The van der Waals surface area contributed by atoms with E-state index < -0.39 is 0 Å². The number of carbonyl (C=O) groups excluding carboxylic acids is 1. The highest BCUT2D eigenvalue weighted by atomic mass is 32.2. The zero-order chi connectivity index (χ0) is 12.8. The van der Waals surface area contributed by atoms with Crippen molar-refractivity contribution in [1.29, 1.82) is 0 Å². The van der Waals surface area contributed by atoms with E-state index in [1.165, 1.54) is 49.4 Å². The minimum Gasteiger partial charge on any atom is -0.282 e. The van der Waals surface area contributed by atoms with Crippen molar-refractivity contribution in [2.45, 2.75) is 51.4 Å². The van der Waals surface area contributed by atoms with Gasteiger partial charge in [0, 0.05) is 11.3 Å². The molecule has 1 aliphatic rings. The zero-order valence-corrected chi connectivity index (χ0v) is 12.0. The number of carbonyl (C=O) groups is 1. The molecule has 18 heavy (non-hydrogen) atoms. The zero-order valence-electron chi connectivity index (χ0n) is 11.2. The average Bonchev–Trinajstić information content (AvgIpc) is 2.46. The second kappa shape index (κ2) is 6.98. The van der Waals surface area contributed by atoms with Crippen molar-refractivity contribution in [3.8, 4) is 0 Å². The smallest absolute Gasteiger partial charge is 0.219 e. The average molecular weight is 262 g/mol. The van der Waals surface area contributed by atoms with Gasteiger partial charge in [-0.1, -0.05) is 62.2 Å². The molecule has 1 saturated carbocycles. The summed E-state index contributed by atoms with van der Waals surface area (Å²) in [6.45, 7) is 2.10. The molecule has 0 radical (unpaired) electrons. The predicted octanol–water partition coefficient (Wildman–Crippen LogP) is 5.02. The molecule has 1 fully saturated rings. The summed E-state index contributed by atoms with van der Waals surface area (Å²) in [6.07, 6.45) is 7.79. The summed E-state index contributed by atoms with van der Waals surface area (Å²) in [6, 6.07) is 8.34. The fourth-order valence-corrected chi connectivity index (χ4v) is 3.30. The van der Waals surface area contributed by atoms with Crippen molar-refractivity contribution in [2.24, 2.45) is 0 Å². The first-order valence-corrected chi connectivity index (χ1v) is 8.07.